The second-order valence-electron chi connectivity index (χ2n) is 6.02. The van der Waals surface area contributed by atoms with Gasteiger partial charge in [0.1, 0.15) is 5.82 Å². The summed E-state index contributed by atoms with van der Waals surface area (Å²) in [7, 11) is 0. The van der Waals surface area contributed by atoms with E-state index in [9.17, 15) is 0 Å². The molecule has 2 aliphatic carbocycles. The predicted octanol–water partition coefficient (Wildman–Crippen LogP) is 4.87. The normalized spacial score (nSPS) is 19.3. The largest absolute Gasteiger partial charge is 0.213 e. The summed E-state index contributed by atoms with van der Waals surface area (Å²) >= 11 is 0. The van der Waals surface area contributed by atoms with Crippen LogP contribution in [0.1, 0.15) is 36.8 Å². The van der Waals surface area contributed by atoms with Crippen molar-refractivity contribution in [3.05, 3.63) is 84.5 Å². The molecule has 0 saturated carbocycles. The lowest BCUT2D eigenvalue weighted by Crippen LogP contribution is -2.09. The van der Waals surface area contributed by atoms with E-state index in [4.69, 9.17) is 15.0 Å². The number of nitrogens with zero attached hydrogens (tertiary/aromatic N) is 3. The van der Waals surface area contributed by atoms with Crippen molar-refractivity contribution in [3.8, 4) is 11.4 Å². The first kappa shape index (κ1) is 14.8. The molecule has 0 saturated heterocycles. The maximum Gasteiger partial charge on any atom is 0.163 e. The molecular formula is C21H19N3. The summed E-state index contributed by atoms with van der Waals surface area (Å²) in [6.45, 7) is 0. The Balaban J connectivity index is 1.81. The molecule has 0 amide bonds. The number of aromatic nitrogens is 3. The van der Waals surface area contributed by atoms with Gasteiger partial charge in [-0.05, 0) is 24.8 Å². The lowest BCUT2D eigenvalue weighted by atomic mass is 9.99. The Morgan fingerprint density at radius 3 is 2.46 bits per heavy atom. The van der Waals surface area contributed by atoms with Gasteiger partial charge in [-0.25, -0.2) is 15.0 Å². The molecule has 0 N–H and O–H groups in total. The Morgan fingerprint density at radius 1 is 0.833 bits per heavy atom. The van der Waals surface area contributed by atoms with Gasteiger partial charge in [-0.3, -0.25) is 0 Å². The van der Waals surface area contributed by atoms with Gasteiger partial charge in [-0.15, -0.1) is 0 Å². The van der Waals surface area contributed by atoms with Gasteiger partial charge in [-0.2, -0.15) is 0 Å². The summed E-state index contributed by atoms with van der Waals surface area (Å²) < 4.78 is 0. The average molecular weight is 313 g/mol. The molecule has 24 heavy (non-hydrogen) atoms. The first-order valence-corrected chi connectivity index (χ1v) is 8.41. The molecule has 2 aliphatic rings. The molecular weight excluding hydrogens is 294 g/mol. The first-order valence-electron chi connectivity index (χ1n) is 8.41. The fourth-order valence-corrected chi connectivity index (χ4v) is 2.98. The molecule has 3 heteroatoms. The zero-order chi connectivity index (χ0) is 16.2. The van der Waals surface area contributed by atoms with Crippen molar-refractivity contribution in [1.29, 1.82) is 0 Å². The average Bonchev–Trinajstić information content (AvgIpc) is 2.70. The fourth-order valence-electron chi connectivity index (χ4n) is 2.98. The molecule has 1 aromatic carbocycles. The number of hydrogen-bond donors (Lipinski definition) is 0. The van der Waals surface area contributed by atoms with Crippen LogP contribution in [0.25, 0.3) is 17.0 Å². The lowest BCUT2D eigenvalue weighted by molar-refractivity contribution is 0.754. The minimum absolute atomic E-state index is 0.221. The molecule has 0 spiro atoms. The Labute approximate surface area is 142 Å². The number of hydrogen-bond acceptors (Lipinski definition) is 3. The van der Waals surface area contributed by atoms with E-state index >= 15 is 0 Å². The van der Waals surface area contributed by atoms with Crippen LogP contribution >= 0.6 is 0 Å². The van der Waals surface area contributed by atoms with Crippen molar-refractivity contribution < 1.29 is 0 Å². The molecule has 0 bridgehead atoms. The van der Waals surface area contributed by atoms with E-state index in [-0.39, 0.29) is 5.92 Å². The molecule has 0 fully saturated rings. The van der Waals surface area contributed by atoms with E-state index in [0.29, 0.717) is 0 Å². The second kappa shape index (κ2) is 6.75. The summed E-state index contributed by atoms with van der Waals surface area (Å²) in [6, 6.07) is 10.1. The third-order valence-electron chi connectivity index (χ3n) is 4.30. The highest BCUT2D eigenvalue weighted by Gasteiger charge is 2.17. The van der Waals surface area contributed by atoms with Crippen LogP contribution in [-0.4, -0.2) is 15.0 Å². The van der Waals surface area contributed by atoms with Crippen LogP contribution in [0.5, 0.6) is 0 Å². The highest BCUT2D eigenvalue weighted by atomic mass is 15.0. The number of benzene rings is 1. The maximum atomic E-state index is 4.80. The van der Waals surface area contributed by atoms with Crippen molar-refractivity contribution in [1.82, 2.24) is 15.0 Å². The van der Waals surface area contributed by atoms with Gasteiger partial charge in [0.15, 0.2) is 11.6 Å². The molecule has 1 unspecified atom stereocenters. The predicted molar refractivity (Wildman–Crippen MR) is 97.3 cm³/mol. The van der Waals surface area contributed by atoms with Crippen molar-refractivity contribution in [2.24, 2.45) is 0 Å². The van der Waals surface area contributed by atoms with Crippen LogP contribution in [0.2, 0.25) is 0 Å². The second-order valence-corrected chi connectivity index (χ2v) is 6.02. The van der Waals surface area contributed by atoms with Crippen LogP contribution in [-0.2, 0) is 0 Å². The third kappa shape index (κ3) is 3.11. The zero-order valence-corrected chi connectivity index (χ0v) is 13.5. The molecule has 1 aromatic heterocycles. The molecule has 4 rings (SSSR count). The molecule has 0 aliphatic heterocycles. The standard InChI is InChI=1S/C21H19N3/c1-4-10-16(11-5-1)19-22-20(17-12-6-2-7-13-17)24-21(23-19)18-14-8-3-9-15-18/h1-8,10-12,14,17H,9,13,15H2. The van der Waals surface area contributed by atoms with Gasteiger partial charge < -0.3 is 0 Å². The summed E-state index contributed by atoms with van der Waals surface area (Å²) in [5, 5.41) is 0. The molecule has 2 aromatic rings. The summed E-state index contributed by atoms with van der Waals surface area (Å²) in [5.74, 6) is 2.65. The van der Waals surface area contributed by atoms with Gasteiger partial charge in [-0.1, -0.05) is 72.9 Å². The van der Waals surface area contributed by atoms with Gasteiger partial charge >= 0.3 is 0 Å². The Bertz CT molecular complexity index is 845. The van der Waals surface area contributed by atoms with E-state index in [0.717, 1.165) is 42.3 Å². The van der Waals surface area contributed by atoms with E-state index in [1.54, 1.807) is 0 Å². The third-order valence-corrected chi connectivity index (χ3v) is 4.30. The summed E-state index contributed by atoms with van der Waals surface area (Å²) in [6.07, 6.45) is 17.8. The fraction of sp³-hybridized carbons (Fsp3) is 0.190. The molecule has 1 atom stereocenters. The van der Waals surface area contributed by atoms with Crippen molar-refractivity contribution in [3.63, 3.8) is 0 Å². The van der Waals surface area contributed by atoms with E-state index in [1.807, 2.05) is 18.2 Å². The highest BCUT2D eigenvalue weighted by Crippen LogP contribution is 2.27. The van der Waals surface area contributed by atoms with Crippen LogP contribution in [0.3, 0.4) is 0 Å². The monoisotopic (exact) mass is 313 g/mol. The topological polar surface area (TPSA) is 38.7 Å². The number of rotatable bonds is 3. The molecule has 3 nitrogen and oxygen atoms in total. The quantitative estimate of drug-likeness (QED) is 0.811. The summed E-state index contributed by atoms with van der Waals surface area (Å²) in [4.78, 5) is 14.3. The number of allylic oxidation sites excluding steroid dienone is 8. The van der Waals surface area contributed by atoms with Gasteiger partial charge in [0.05, 0.1) is 0 Å². The van der Waals surface area contributed by atoms with Crippen molar-refractivity contribution in [2.45, 2.75) is 25.2 Å². The van der Waals surface area contributed by atoms with Crippen LogP contribution in [0.4, 0.5) is 0 Å². The van der Waals surface area contributed by atoms with Gasteiger partial charge in [0, 0.05) is 11.5 Å². The Kier molecular flexibility index (Phi) is 4.15. The van der Waals surface area contributed by atoms with E-state index in [1.165, 1.54) is 5.57 Å². The minimum atomic E-state index is 0.221. The van der Waals surface area contributed by atoms with Crippen molar-refractivity contribution >= 4 is 5.57 Å². The smallest absolute Gasteiger partial charge is 0.163 e. The van der Waals surface area contributed by atoms with Crippen LogP contribution < -0.4 is 0 Å². The summed E-state index contributed by atoms with van der Waals surface area (Å²) in [5.41, 5.74) is 2.22. The zero-order valence-electron chi connectivity index (χ0n) is 13.5. The van der Waals surface area contributed by atoms with Gasteiger partial charge in [0.25, 0.3) is 0 Å². The Morgan fingerprint density at radius 2 is 1.71 bits per heavy atom. The van der Waals surface area contributed by atoms with Crippen LogP contribution in [0, 0.1) is 0 Å². The lowest BCUT2D eigenvalue weighted by Gasteiger charge is -2.15. The highest BCUT2D eigenvalue weighted by molar-refractivity contribution is 5.65. The molecule has 118 valence electrons. The van der Waals surface area contributed by atoms with Gasteiger partial charge in [0.2, 0.25) is 0 Å². The van der Waals surface area contributed by atoms with Crippen molar-refractivity contribution in [2.75, 3.05) is 0 Å². The minimum Gasteiger partial charge on any atom is -0.213 e. The molecule has 0 radical (unpaired) electrons. The SMILES string of the molecule is C1=CCCC(c2nc(-c3ccccc3)nc(C3C=CC=CC3)n2)=C1. The van der Waals surface area contributed by atoms with E-state index < -0.39 is 0 Å². The van der Waals surface area contributed by atoms with Crippen LogP contribution in [0.15, 0.2) is 72.9 Å². The molecule has 1 heterocycles. The Hall–Kier alpha value is -2.81. The first-order chi connectivity index (χ1) is 11.9. The maximum absolute atomic E-state index is 4.80. The van der Waals surface area contributed by atoms with E-state index in [2.05, 4.69) is 54.7 Å².